The summed E-state index contributed by atoms with van der Waals surface area (Å²) in [6, 6.07) is 5.82. The van der Waals surface area contributed by atoms with Gasteiger partial charge in [-0.15, -0.1) is 0 Å². The van der Waals surface area contributed by atoms with Crippen molar-refractivity contribution in [1.82, 2.24) is 0 Å². The molecule has 0 radical (unpaired) electrons. The molecule has 3 heteroatoms. The van der Waals surface area contributed by atoms with E-state index in [0.717, 1.165) is 24.9 Å². The minimum absolute atomic E-state index is 0.129. The highest BCUT2D eigenvalue weighted by molar-refractivity contribution is 5.50. The van der Waals surface area contributed by atoms with Gasteiger partial charge in [-0.3, -0.25) is 0 Å². The zero-order valence-corrected chi connectivity index (χ0v) is 12.5. The van der Waals surface area contributed by atoms with E-state index in [9.17, 15) is 4.39 Å². The van der Waals surface area contributed by atoms with Gasteiger partial charge in [0, 0.05) is 12.6 Å². The molecule has 0 aliphatic rings. The Labute approximate surface area is 116 Å². The van der Waals surface area contributed by atoms with E-state index >= 15 is 0 Å². The first-order valence-electron chi connectivity index (χ1n) is 7.35. The Morgan fingerprint density at radius 3 is 2.53 bits per heavy atom. The van der Waals surface area contributed by atoms with Gasteiger partial charge in [0.25, 0.3) is 0 Å². The molecule has 1 rings (SSSR count). The number of hydrogen-bond donors (Lipinski definition) is 1. The fraction of sp³-hybridized carbons (Fsp3) is 0.625. The number of unbranched alkanes of at least 4 members (excludes halogenated alkanes) is 2. The van der Waals surface area contributed by atoms with Crippen LogP contribution in [0.25, 0.3) is 0 Å². The minimum atomic E-state index is -0.129. The number of nitrogens with zero attached hydrogens (tertiary/aromatic N) is 1. The van der Waals surface area contributed by atoms with Gasteiger partial charge in [-0.05, 0) is 50.9 Å². The molecule has 0 aliphatic carbocycles. The van der Waals surface area contributed by atoms with Crippen molar-refractivity contribution in [2.75, 3.05) is 18.0 Å². The third kappa shape index (κ3) is 4.83. The summed E-state index contributed by atoms with van der Waals surface area (Å²) in [5.74, 6) is -0.129. The summed E-state index contributed by atoms with van der Waals surface area (Å²) in [5, 5.41) is 0. The summed E-state index contributed by atoms with van der Waals surface area (Å²) in [4.78, 5) is 2.15. The molecule has 0 aliphatic heterocycles. The third-order valence-corrected chi connectivity index (χ3v) is 3.38. The second kappa shape index (κ2) is 8.16. The predicted molar refractivity (Wildman–Crippen MR) is 81.2 cm³/mol. The van der Waals surface area contributed by atoms with E-state index in [2.05, 4.69) is 25.7 Å². The van der Waals surface area contributed by atoms with Crippen LogP contribution in [0, 0.1) is 5.82 Å². The van der Waals surface area contributed by atoms with Crippen molar-refractivity contribution in [1.29, 1.82) is 0 Å². The van der Waals surface area contributed by atoms with E-state index in [1.165, 1.54) is 12.8 Å². The number of halogens is 1. The molecular weight excluding hydrogens is 239 g/mol. The fourth-order valence-corrected chi connectivity index (χ4v) is 2.29. The van der Waals surface area contributed by atoms with Crippen LogP contribution in [0.2, 0.25) is 0 Å². The van der Waals surface area contributed by atoms with Crippen LogP contribution in [0.3, 0.4) is 0 Å². The first kappa shape index (κ1) is 16.0. The van der Waals surface area contributed by atoms with E-state index in [0.29, 0.717) is 18.3 Å². The lowest BCUT2D eigenvalue weighted by Gasteiger charge is -2.29. The van der Waals surface area contributed by atoms with Gasteiger partial charge in [-0.2, -0.15) is 0 Å². The van der Waals surface area contributed by atoms with Crippen molar-refractivity contribution >= 4 is 5.69 Å². The van der Waals surface area contributed by atoms with Crippen molar-refractivity contribution in [2.24, 2.45) is 5.73 Å². The zero-order chi connectivity index (χ0) is 14.3. The molecule has 0 spiro atoms. The molecule has 108 valence electrons. The van der Waals surface area contributed by atoms with Crippen molar-refractivity contribution in [3.63, 3.8) is 0 Å². The predicted octanol–water partition coefficient (Wildman–Crippen LogP) is 3.73. The van der Waals surface area contributed by atoms with Gasteiger partial charge in [0.05, 0.1) is 5.69 Å². The second-order valence-electron chi connectivity index (χ2n) is 5.32. The molecule has 0 aromatic heterocycles. The molecule has 0 saturated heterocycles. The highest BCUT2D eigenvalue weighted by Gasteiger charge is 2.14. The summed E-state index contributed by atoms with van der Waals surface area (Å²) in [7, 11) is 0. The van der Waals surface area contributed by atoms with Gasteiger partial charge in [-0.1, -0.05) is 25.8 Å². The summed E-state index contributed by atoms with van der Waals surface area (Å²) >= 11 is 0. The number of hydrogen-bond acceptors (Lipinski definition) is 2. The van der Waals surface area contributed by atoms with Crippen LogP contribution in [0.1, 0.15) is 45.6 Å². The average molecular weight is 266 g/mol. The lowest BCUT2D eigenvalue weighted by molar-refractivity contribution is 0.582. The number of anilines is 1. The zero-order valence-electron chi connectivity index (χ0n) is 12.5. The highest BCUT2D eigenvalue weighted by Crippen LogP contribution is 2.23. The summed E-state index contributed by atoms with van der Waals surface area (Å²) in [6.45, 7) is 7.88. The number of nitrogens with two attached hydrogens (primary N) is 1. The van der Waals surface area contributed by atoms with Crippen molar-refractivity contribution in [3.05, 3.63) is 29.6 Å². The van der Waals surface area contributed by atoms with Crippen LogP contribution in [0.5, 0.6) is 0 Å². The van der Waals surface area contributed by atoms with Gasteiger partial charge in [0.15, 0.2) is 0 Å². The van der Waals surface area contributed by atoms with Crippen LogP contribution in [-0.2, 0) is 6.42 Å². The molecule has 1 aromatic rings. The number of benzene rings is 1. The van der Waals surface area contributed by atoms with Gasteiger partial charge in [0.1, 0.15) is 5.82 Å². The smallest absolute Gasteiger partial charge is 0.146 e. The quantitative estimate of drug-likeness (QED) is 0.726. The average Bonchev–Trinajstić information content (AvgIpc) is 2.36. The standard InChI is InChI=1S/C16H27FN2/c1-4-5-6-11-19(13(2)3)16-8-7-14(9-10-18)12-15(16)17/h7-8,12-13H,4-6,9-11,18H2,1-3H3. The van der Waals surface area contributed by atoms with Gasteiger partial charge >= 0.3 is 0 Å². The van der Waals surface area contributed by atoms with Crippen LogP contribution < -0.4 is 10.6 Å². The van der Waals surface area contributed by atoms with Gasteiger partial charge in [-0.25, -0.2) is 4.39 Å². The molecule has 0 unspecified atom stereocenters. The molecule has 0 atom stereocenters. The lowest BCUT2D eigenvalue weighted by Crippen LogP contribution is -2.32. The normalized spacial score (nSPS) is 11.1. The number of rotatable bonds is 8. The molecule has 19 heavy (non-hydrogen) atoms. The Balaban J connectivity index is 2.83. The third-order valence-electron chi connectivity index (χ3n) is 3.38. The SMILES string of the molecule is CCCCCN(c1ccc(CCN)cc1F)C(C)C. The maximum Gasteiger partial charge on any atom is 0.146 e. The Morgan fingerprint density at radius 1 is 1.26 bits per heavy atom. The Kier molecular flexibility index (Phi) is 6.85. The largest absolute Gasteiger partial charge is 0.367 e. The van der Waals surface area contributed by atoms with Crippen molar-refractivity contribution in [3.8, 4) is 0 Å². The summed E-state index contributed by atoms with van der Waals surface area (Å²) in [5.41, 5.74) is 7.19. The van der Waals surface area contributed by atoms with Crippen LogP contribution >= 0.6 is 0 Å². The Morgan fingerprint density at radius 2 is 2.00 bits per heavy atom. The molecule has 0 fully saturated rings. The Hall–Kier alpha value is -1.09. The molecule has 0 bridgehead atoms. The maximum absolute atomic E-state index is 14.2. The van der Waals surface area contributed by atoms with E-state index in [-0.39, 0.29) is 5.82 Å². The monoisotopic (exact) mass is 266 g/mol. The fourth-order valence-electron chi connectivity index (χ4n) is 2.29. The first-order chi connectivity index (χ1) is 9.10. The van der Waals surface area contributed by atoms with E-state index in [4.69, 9.17) is 5.73 Å². The lowest BCUT2D eigenvalue weighted by atomic mass is 10.1. The van der Waals surface area contributed by atoms with E-state index in [1.807, 2.05) is 12.1 Å². The van der Waals surface area contributed by atoms with Gasteiger partial charge < -0.3 is 10.6 Å². The Bertz CT molecular complexity index is 377. The molecule has 0 heterocycles. The van der Waals surface area contributed by atoms with Crippen LogP contribution in [0.4, 0.5) is 10.1 Å². The van der Waals surface area contributed by atoms with Crippen molar-refractivity contribution in [2.45, 2.75) is 52.5 Å². The second-order valence-corrected chi connectivity index (χ2v) is 5.32. The summed E-state index contributed by atoms with van der Waals surface area (Å²) in [6.07, 6.45) is 4.22. The molecule has 0 saturated carbocycles. The first-order valence-corrected chi connectivity index (χ1v) is 7.35. The van der Waals surface area contributed by atoms with Gasteiger partial charge in [0.2, 0.25) is 0 Å². The summed E-state index contributed by atoms with van der Waals surface area (Å²) < 4.78 is 14.2. The van der Waals surface area contributed by atoms with Crippen LogP contribution in [0.15, 0.2) is 18.2 Å². The molecule has 2 N–H and O–H groups in total. The topological polar surface area (TPSA) is 29.3 Å². The minimum Gasteiger partial charge on any atom is -0.367 e. The highest BCUT2D eigenvalue weighted by atomic mass is 19.1. The molecular formula is C16H27FN2. The molecule has 2 nitrogen and oxygen atoms in total. The van der Waals surface area contributed by atoms with Crippen molar-refractivity contribution < 1.29 is 4.39 Å². The molecule has 1 aromatic carbocycles. The van der Waals surface area contributed by atoms with E-state index < -0.39 is 0 Å². The van der Waals surface area contributed by atoms with Crippen LogP contribution in [-0.4, -0.2) is 19.1 Å². The van der Waals surface area contributed by atoms with E-state index in [1.54, 1.807) is 6.07 Å². The molecule has 0 amide bonds. The maximum atomic E-state index is 14.2.